The van der Waals surface area contributed by atoms with Gasteiger partial charge >= 0.3 is 0 Å². The molecule has 0 aliphatic carbocycles. The van der Waals surface area contributed by atoms with Gasteiger partial charge in [0.05, 0.1) is 4.90 Å². The van der Waals surface area contributed by atoms with Crippen LogP contribution in [0.25, 0.3) is 0 Å². The number of thiophene rings is 1. The number of rotatable bonds is 6. The zero-order valence-corrected chi connectivity index (χ0v) is 15.3. The monoisotopic (exact) mass is 348 g/mol. The molecule has 1 saturated heterocycles. The first-order valence-electron chi connectivity index (χ1n) is 7.37. The van der Waals surface area contributed by atoms with E-state index in [-0.39, 0.29) is 0 Å². The van der Waals surface area contributed by atoms with Gasteiger partial charge in [0.2, 0.25) is 10.0 Å². The Morgan fingerprint density at radius 3 is 2.62 bits per heavy atom. The number of hydrogen-bond donors (Lipinski definition) is 1. The van der Waals surface area contributed by atoms with Crippen molar-refractivity contribution >= 4 is 33.1 Å². The second-order valence-electron chi connectivity index (χ2n) is 5.50. The van der Waals surface area contributed by atoms with Gasteiger partial charge in [-0.15, -0.1) is 11.3 Å². The van der Waals surface area contributed by atoms with Crippen molar-refractivity contribution in [1.82, 2.24) is 9.62 Å². The number of nitrogens with one attached hydrogen (secondary N) is 1. The van der Waals surface area contributed by atoms with Crippen LogP contribution in [0.1, 0.15) is 32.1 Å². The third kappa shape index (κ3) is 4.45. The number of sulfonamides is 1. The maximum atomic E-state index is 12.7. The molecule has 2 heterocycles. The van der Waals surface area contributed by atoms with Crippen molar-refractivity contribution in [3.05, 3.63) is 16.3 Å². The van der Waals surface area contributed by atoms with Crippen LogP contribution in [0, 0.1) is 0 Å². The molecule has 2 atom stereocenters. The van der Waals surface area contributed by atoms with Crippen molar-refractivity contribution in [2.24, 2.45) is 0 Å². The Bertz CT molecular complexity index is 546. The summed E-state index contributed by atoms with van der Waals surface area (Å²) in [5.74, 6) is 0. The summed E-state index contributed by atoms with van der Waals surface area (Å²) < 4.78 is 27.1. The Kier molecular flexibility index (Phi) is 6.14. The summed E-state index contributed by atoms with van der Waals surface area (Å²) in [4.78, 5) is 1.53. The summed E-state index contributed by atoms with van der Waals surface area (Å²) in [5, 5.41) is 5.79. The van der Waals surface area contributed by atoms with E-state index in [4.69, 9.17) is 0 Å². The molecular weight excluding hydrogens is 324 g/mol. The topological polar surface area (TPSA) is 49.4 Å². The van der Waals surface area contributed by atoms with Crippen LogP contribution in [0.5, 0.6) is 0 Å². The van der Waals surface area contributed by atoms with Gasteiger partial charge in [0.15, 0.2) is 0 Å². The zero-order valence-electron chi connectivity index (χ0n) is 12.8. The Balaban J connectivity index is 2.08. The molecule has 1 aromatic heterocycles. The summed E-state index contributed by atoms with van der Waals surface area (Å²) in [6.07, 6.45) is 1.08. The maximum absolute atomic E-state index is 12.7. The fourth-order valence-electron chi connectivity index (χ4n) is 2.45. The molecule has 7 heteroatoms. The van der Waals surface area contributed by atoms with Gasteiger partial charge in [-0.3, -0.25) is 0 Å². The van der Waals surface area contributed by atoms with Crippen LogP contribution in [0.3, 0.4) is 0 Å². The van der Waals surface area contributed by atoms with E-state index >= 15 is 0 Å². The normalized spacial score (nSPS) is 24.3. The molecule has 0 saturated carbocycles. The predicted molar refractivity (Wildman–Crippen MR) is 91.6 cm³/mol. The average molecular weight is 349 g/mol. The molecule has 120 valence electrons. The molecule has 1 fully saturated rings. The van der Waals surface area contributed by atoms with Crippen molar-refractivity contribution < 1.29 is 8.42 Å². The highest BCUT2D eigenvalue weighted by Gasteiger charge is 2.32. The minimum atomic E-state index is -3.33. The molecule has 1 aromatic rings. The highest BCUT2D eigenvalue weighted by atomic mass is 32.2. The van der Waals surface area contributed by atoms with E-state index in [2.05, 4.69) is 26.1 Å². The minimum Gasteiger partial charge on any atom is -0.312 e. The van der Waals surface area contributed by atoms with Crippen LogP contribution in [-0.2, 0) is 16.6 Å². The van der Waals surface area contributed by atoms with Crippen LogP contribution >= 0.6 is 23.1 Å². The van der Waals surface area contributed by atoms with E-state index in [1.165, 1.54) is 11.3 Å². The Labute approximate surface area is 136 Å². The largest absolute Gasteiger partial charge is 0.312 e. The minimum absolute atomic E-state index is 0.354. The van der Waals surface area contributed by atoms with E-state index in [1.54, 1.807) is 9.69 Å². The molecule has 0 aromatic carbocycles. The first-order chi connectivity index (χ1) is 9.93. The van der Waals surface area contributed by atoms with E-state index in [9.17, 15) is 8.42 Å². The third-order valence-corrected chi connectivity index (χ3v) is 7.50. The van der Waals surface area contributed by atoms with E-state index in [0.717, 1.165) is 24.4 Å². The summed E-state index contributed by atoms with van der Waals surface area (Å²) >= 11 is 3.38. The molecule has 4 nitrogen and oxygen atoms in total. The molecule has 2 unspecified atom stereocenters. The van der Waals surface area contributed by atoms with Crippen molar-refractivity contribution in [3.63, 3.8) is 0 Å². The Morgan fingerprint density at radius 1 is 1.33 bits per heavy atom. The molecule has 2 rings (SSSR count). The highest BCUT2D eigenvalue weighted by Crippen LogP contribution is 2.30. The summed E-state index contributed by atoms with van der Waals surface area (Å²) in [6.45, 7) is 9.23. The first-order valence-corrected chi connectivity index (χ1v) is 10.6. The van der Waals surface area contributed by atoms with E-state index in [0.29, 0.717) is 28.5 Å². The fraction of sp³-hybridized carbons (Fsp3) is 0.714. The summed E-state index contributed by atoms with van der Waals surface area (Å²) in [6, 6.07) is 1.82. The highest BCUT2D eigenvalue weighted by molar-refractivity contribution is 8.00. The summed E-state index contributed by atoms with van der Waals surface area (Å²) in [7, 11) is -3.33. The SMILES string of the molecule is CCCNCc1cc(S(=O)(=O)N2CC(C)SC(C)C2)cs1. The van der Waals surface area contributed by atoms with Crippen LogP contribution in [0.2, 0.25) is 0 Å². The van der Waals surface area contributed by atoms with Crippen molar-refractivity contribution in [2.75, 3.05) is 19.6 Å². The van der Waals surface area contributed by atoms with E-state index in [1.807, 2.05) is 17.8 Å². The summed E-state index contributed by atoms with van der Waals surface area (Å²) in [5.41, 5.74) is 0. The van der Waals surface area contributed by atoms with Crippen LogP contribution in [-0.4, -0.2) is 42.9 Å². The van der Waals surface area contributed by atoms with Gasteiger partial charge in [-0.05, 0) is 19.0 Å². The second kappa shape index (κ2) is 7.46. The van der Waals surface area contributed by atoms with Crippen LogP contribution in [0.15, 0.2) is 16.3 Å². The lowest BCUT2D eigenvalue weighted by atomic mass is 10.4. The Morgan fingerprint density at radius 2 is 2.00 bits per heavy atom. The zero-order chi connectivity index (χ0) is 15.5. The van der Waals surface area contributed by atoms with Crippen LogP contribution in [0.4, 0.5) is 0 Å². The van der Waals surface area contributed by atoms with Crippen LogP contribution < -0.4 is 5.32 Å². The third-order valence-electron chi connectivity index (χ3n) is 3.38. The smallest absolute Gasteiger partial charge is 0.243 e. The molecule has 0 bridgehead atoms. The second-order valence-corrected chi connectivity index (χ2v) is 10.3. The van der Waals surface area contributed by atoms with Crippen molar-refractivity contribution in [2.45, 2.75) is 49.1 Å². The fourth-order valence-corrected chi connectivity index (χ4v) is 6.82. The number of hydrogen-bond acceptors (Lipinski definition) is 5. The molecule has 0 spiro atoms. The first kappa shape index (κ1) is 17.3. The van der Waals surface area contributed by atoms with Gasteiger partial charge in [-0.2, -0.15) is 16.1 Å². The van der Waals surface area contributed by atoms with Gasteiger partial charge < -0.3 is 5.32 Å². The molecule has 1 aliphatic heterocycles. The van der Waals surface area contributed by atoms with Gasteiger partial charge in [-0.1, -0.05) is 20.8 Å². The molecular formula is C14H24N2O2S3. The quantitative estimate of drug-likeness (QED) is 0.803. The molecule has 1 N–H and O–H groups in total. The lowest BCUT2D eigenvalue weighted by Gasteiger charge is -2.33. The lowest BCUT2D eigenvalue weighted by Crippen LogP contribution is -2.43. The number of thioether (sulfide) groups is 1. The van der Waals surface area contributed by atoms with Gasteiger partial charge in [-0.25, -0.2) is 8.42 Å². The maximum Gasteiger partial charge on any atom is 0.243 e. The van der Waals surface area contributed by atoms with Gasteiger partial charge in [0.25, 0.3) is 0 Å². The average Bonchev–Trinajstić information content (AvgIpc) is 2.87. The standard InChI is InChI=1S/C14H24N2O2S3/c1-4-5-15-7-13-6-14(10-19-13)21(17,18)16-8-11(2)20-12(3)9-16/h6,10-12,15H,4-5,7-9H2,1-3H3. The van der Waals surface area contributed by atoms with Gasteiger partial charge in [0.1, 0.15) is 0 Å². The van der Waals surface area contributed by atoms with Crippen molar-refractivity contribution in [1.29, 1.82) is 0 Å². The lowest BCUT2D eigenvalue weighted by molar-refractivity contribution is 0.405. The molecule has 21 heavy (non-hydrogen) atoms. The number of nitrogens with zero attached hydrogens (tertiary/aromatic N) is 1. The van der Waals surface area contributed by atoms with E-state index < -0.39 is 10.0 Å². The van der Waals surface area contributed by atoms with Gasteiger partial charge in [0, 0.05) is 40.4 Å². The Hall–Kier alpha value is -0.0800. The molecule has 0 amide bonds. The molecule has 1 aliphatic rings. The van der Waals surface area contributed by atoms with Crippen molar-refractivity contribution in [3.8, 4) is 0 Å². The predicted octanol–water partition coefficient (Wildman–Crippen LogP) is 2.76. The molecule has 0 radical (unpaired) electrons.